The highest BCUT2D eigenvalue weighted by Crippen LogP contribution is 2.33. The standard InChI is InChI=1S/C19H20ClN3O/c20-16-6-4-14(5-7-16)9-19(24)23-11-15-10-22(18(15)13-23)12-17-3-1-2-8-21-17/h1-8,15,18H,9-13H2/t15-,18+/m1/s1. The Balaban J connectivity index is 1.33. The summed E-state index contributed by atoms with van der Waals surface area (Å²) in [5.74, 6) is 0.826. The minimum absolute atomic E-state index is 0.213. The summed E-state index contributed by atoms with van der Waals surface area (Å²) in [6.07, 6.45) is 2.29. The van der Waals surface area contributed by atoms with E-state index < -0.39 is 0 Å². The number of aromatic nitrogens is 1. The fraction of sp³-hybridized carbons (Fsp3) is 0.368. The van der Waals surface area contributed by atoms with E-state index in [4.69, 9.17) is 11.6 Å². The fourth-order valence-electron chi connectivity index (χ4n) is 3.72. The molecule has 4 nitrogen and oxygen atoms in total. The zero-order valence-electron chi connectivity index (χ0n) is 13.4. The van der Waals surface area contributed by atoms with Crippen molar-refractivity contribution in [2.45, 2.75) is 19.0 Å². The summed E-state index contributed by atoms with van der Waals surface area (Å²) in [6.45, 7) is 3.66. The van der Waals surface area contributed by atoms with E-state index in [-0.39, 0.29) is 5.91 Å². The summed E-state index contributed by atoms with van der Waals surface area (Å²) in [6, 6.07) is 14.0. The normalized spacial score (nSPS) is 23.0. The Labute approximate surface area is 147 Å². The highest BCUT2D eigenvalue weighted by Gasteiger charge is 2.46. The lowest BCUT2D eigenvalue weighted by Crippen LogP contribution is -2.54. The van der Waals surface area contributed by atoms with E-state index in [1.807, 2.05) is 47.5 Å². The summed E-state index contributed by atoms with van der Waals surface area (Å²) in [4.78, 5) is 21.4. The molecule has 0 bridgehead atoms. The Bertz CT molecular complexity index is 719. The molecule has 2 aliphatic rings. The van der Waals surface area contributed by atoms with Crippen molar-refractivity contribution in [2.24, 2.45) is 5.92 Å². The Morgan fingerprint density at radius 3 is 2.71 bits per heavy atom. The van der Waals surface area contributed by atoms with E-state index in [9.17, 15) is 4.79 Å². The Kier molecular flexibility index (Phi) is 4.25. The van der Waals surface area contributed by atoms with E-state index in [2.05, 4.69) is 16.0 Å². The van der Waals surface area contributed by atoms with Crippen LogP contribution in [-0.4, -0.2) is 46.4 Å². The van der Waals surface area contributed by atoms with Crippen LogP contribution in [-0.2, 0) is 17.8 Å². The minimum Gasteiger partial charge on any atom is -0.340 e. The molecule has 0 saturated carbocycles. The van der Waals surface area contributed by atoms with Gasteiger partial charge in [-0.2, -0.15) is 0 Å². The molecular weight excluding hydrogens is 322 g/mol. The molecule has 4 rings (SSSR count). The van der Waals surface area contributed by atoms with E-state index >= 15 is 0 Å². The number of nitrogens with zero attached hydrogens (tertiary/aromatic N) is 3. The van der Waals surface area contributed by atoms with E-state index in [0.29, 0.717) is 23.4 Å². The fourth-order valence-corrected chi connectivity index (χ4v) is 3.85. The van der Waals surface area contributed by atoms with Gasteiger partial charge >= 0.3 is 0 Å². The van der Waals surface area contributed by atoms with Gasteiger partial charge in [-0.3, -0.25) is 14.7 Å². The maximum atomic E-state index is 12.5. The van der Waals surface area contributed by atoms with Gasteiger partial charge in [-0.25, -0.2) is 0 Å². The van der Waals surface area contributed by atoms with Gasteiger partial charge in [0.1, 0.15) is 0 Å². The number of carbonyl (C=O) groups excluding carboxylic acids is 1. The summed E-state index contributed by atoms with van der Waals surface area (Å²) >= 11 is 5.90. The Hall–Kier alpha value is -1.91. The maximum Gasteiger partial charge on any atom is 0.227 e. The molecule has 1 aromatic heterocycles. The number of hydrogen-bond acceptors (Lipinski definition) is 3. The number of fused-ring (bicyclic) bond motifs is 1. The molecule has 2 saturated heterocycles. The average Bonchev–Trinajstić information content (AvgIpc) is 2.93. The van der Waals surface area contributed by atoms with Crippen molar-refractivity contribution in [3.63, 3.8) is 0 Å². The maximum absolute atomic E-state index is 12.5. The van der Waals surface area contributed by atoms with Crippen molar-refractivity contribution in [1.29, 1.82) is 0 Å². The van der Waals surface area contributed by atoms with Crippen molar-refractivity contribution in [3.8, 4) is 0 Å². The van der Waals surface area contributed by atoms with Crippen LogP contribution in [0.2, 0.25) is 5.02 Å². The van der Waals surface area contributed by atoms with Gasteiger partial charge in [-0.15, -0.1) is 0 Å². The van der Waals surface area contributed by atoms with Crippen LogP contribution in [0, 0.1) is 5.92 Å². The average molecular weight is 342 g/mol. The molecule has 1 amide bonds. The van der Waals surface area contributed by atoms with Crippen molar-refractivity contribution >= 4 is 17.5 Å². The molecule has 0 aliphatic carbocycles. The molecule has 0 N–H and O–H groups in total. The lowest BCUT2D eigenvalue weighted by atomic mass is 9.92. The van der Waals surface area contributed by atoms with Gasteiger partial charge in [0, 0.05) is 49.4 Å². The first-order valence-corrected chi connectivity index (χ1v) is 8.73. The van der Waals surface area contributed by atoms with Crippen molar-refractivity contribution in [1.82, 2.24) is 14.8 Å². The summed E-state index contributed by atoms with van der Waals surface area (Å²) in [5, 5.41) is 0.704. The van der Waals surface area contributed by atoms with Crippen molar-refractivity contribution < 1.29 is 4.79 Å². The topological polar surface area (TPSA) is 36.4 Å². The molecule has 0 radical (unpaired) electrons. The molecule has 0 spiro atoms. The number of likely N-dealkylation sites (tertiary alicyclic amines) is 2. The zero-order valence-corrected chi connectivity index (χ0v) is 14.2. The summed E-state index contributed by atoms with van der Waals surface area (Å²) in [5.41, 5.74) is 2.12. The quantitative estimate of drug-likeness (QED) is 0.857. The third-order valence-electron chi connectivity index (χ3n) is 5.06. The Morgan fingerprint density at radius 1 is 1.12 bits per heavy atom. The monoisotopic (exact) mass is 341 g/mol. The van der Waals surface area contributed by atoms with Gasteiger partial charge in [0.05, 0.1) is 12.1 Å². The highest BCUT2D eigenvalue weighted by molar-refractivity contribution is 6.30. The number of benzene rings is 1. The van der Waals surface area contributed by atoms with Crippen LogP contribution in [0.4, 0.5) is 0 Å². The highest BCUT2D eigenvalue weighted by atomic mass is 35.5. The number of amides is 1. The number of rotatable bonds is 4. The molecule has 5 heteroatoms. The Morgan fingerprint density at radius 2 is 1.96 bits per heavy atom. The van der Waals surface area contributed by atoms with E-state index in [1.165, 1.54) is 0 Å². The van der Waals surface area contributed by atoms with Crippen LogP contribution >= 0.6 is 11.6 Å². The van der Waals surface area contributed by atoms with Gasteiger partial charge in [0.2, 0.25) is 5.91 Å². The van der Waals surface area contributed by atoms with Gasteiger partial charge in [0.25, 0.3) is 0 Å². The molecule has 124 valence electrons. The van der Waals surface area contributed by atoms with Gasteiger partial charge in [-0.1, -0.05) is 29.8 Å². The van der Waals surface area contributed by atoms with Gasteiger partial charge < -0.3 is 4.90 Å². The molecule has 2 aromatic rings. The molecule has 0 unspecified atom stereocenters. The van der Waals surface area contributed by atoms with Crippen LogP contribution in [0.3, 0.4) is 0 Å². The van der Waals surface area contributed by atoms with Gasteiger partial charge in [0.15, 0.2) is 0 Å². The number of carbonyl (C=O) groups is 1. The third kappa shape index (κ3) is 3.17. The number of hydrogen-bond donors (Lipinski definition) is 0. The SMILES string of the molecule is O=C(Cc1ccc(Cl)cc1)N1C[C@H]2CN(Cc3ccccn3)[C@H]2C1. The second-order valence-corrected chi connectivity index (χ2v) is 7.12. The first-order chi connectivity index (χ1) is 11.7. The van der Waals surface area contributed by atoms with E-state index in [1.54, 1.807) is 0 Å². The van der Waals surface area contributed by atoms with E-state index in [0.717, 1.165) is 37.4 Å². The molecule has 24 heavy (non-hydrogen) atoms. The smallest absolute Gasteiger partial charge is 0.227 e. The van der Waals surface area contributed by atoms with Crippen LogP contribution in [0.15, 0.2) is 48.7 Å². The lowest BCUT2D eigenvalue weighted by molar-refractivity contribution is -0.129. The molecule has 1 aromatic carbocycles. The minimum atomic E-state index is 0.213. The molecule has 2 aliphatic heterocycles. The first-order valence-electron chi connectivity index (χ1n) is 8.35. The van der Waals surface area contributed by atoms with Crippen LogP contribution in [0.5, 0.6) is 0 Å². The summed E-state index contributed by atoms with van der Waals surface area (Å²) < 4.78 is 0. The van der Waals surface area contributed by atoms with Crippen molar-refractivity contribution in [3.05, 3.63) is 64.9 Å². The predicted molar refractivity (Wildman–Crippen MR) is 93.7 cm³/mol. The van der Waals surface area contributed by atoms with Crippen LogP contribution in [0.25, 0.3) is 0 Å². The van der Waals surface area contributed by atoms with Gasteiger partial charge in [-0.05, 0) is 29.8 Å². The number of pyridine rings is 1. The molecule has 2 fully saturated rings. The molecule has 3 heterocycles. The zero-order chi connectivity index (χ0) is 16.5. The largest absolute Gasteiger partial charge is 0.340 e. The van der Waals surface area contributed by atoms with Crippen LogP contribution < -0.4 is 0 Å². The second-order valence-electron chi connectivity index (χ2n) is 6.68. The lowest BCUT2D eigenvalue weighted by Gasteiger charge is -2.43. The molecular formula is C19H20ClN3O. The van der Waals surface area contributed by atoms with Crippen molar-refractivity contribution in [2.75, 3.05) is 19.6 Å². The third-order valence-corrected chi connectivity index (χ3v) is 5.31. The number of halogens is 1. The first kappa shape index (κ1) is 15.6. The van der Waals surface area contributed by atoms with Crippen LogP contribution in [0.1, 0.15) is 11.3 Å². The summed E-state index contributed by atoms with van der Waals surface area (Å²) in [7, 11) is 0. The predicted octanol–water partition coefficient (Wildman–Crippen LogP) is 2.62. The second kappa shape index (κ2) is 6.54. The molecule has 2 atom stereocenters.